The van der Waals surface area contributed by atoms with Gasteiger partial charge in [-0.25, -0.2) is 12.7 Å². The molecule has 0 N–H and O–H groups in total. The molecule has 0 unspecified atom stereocenters. The second kappa shape index (κ2) is 8.58. The number of methoxy groups -OCH3 is 1. The van der Waals surface area contributed by atoms with Gasteiger partial charge in [0, 0.05) is 37.7 Å². The molecule has 31 heavy (non-hydrogen) atoms. The van der Waals surface area contributed by atoms with Crippen LogP contribution in [0, 0.1) is 0 Å². The Morgan fingerprint density at radius 1 is 1.06 bits per heavy atom. The zero-order valence-corrected chi connectivity index (χ0v) is 19.0. The van der Waals surface area contributed by atoms with Crippen LogP contribution in [-0.2, 0) is 23.1 Å². The van der Waals surface area contributed by atoms with Gasteiger partial charge in [-0.1, -0.05) is 0 Å². The monoisotopic (exact) mass is 447 g/mol. The smallest absolute Gasteiger partial charge is 0.254 e. The predicted molar refractivity (Wildman–Crippen MR) is 115 cm³/mol. The van der Waals surface area contributed by atoms with E-state index in [1.165, 1.54) is 0 Å². The molecule has 1 amide bonds. The second-order valence-electron chi connectivity index (χ2n) is 8.35. The highest BCUT2D eigenvalue weighted by Gasteiger charge is 2.34. The van der Waals surface area contributed by atoms with Crippen molar-refractivity contribution in [3.8, 4) is 5.75 Å². The van der Waals surface area contributed by atoms with Crippen molar-refractivity contribution in [2.45, 2.75) is 50.9 Å². The van der Waals surface area contributed by atoms with E-state index in [9.17, 15) is 13.2 Å². The van der Waals surface area contributed by atoms with Crippen LogP contribution >= 0.6 is 0 Å². The lowest BCUT2D eigenvalue weighted by atomic mass is 9.97. The quantitative estimate of drug-likeness (QED) is 0.694. The van der Waals surface area contributed by atoms with Gasteiger partial charge in [-0.15, -0.1) is 10.2 Å². The first-order chi connectivity index (χ1) is 14.8. The lowest BCUT2D eigenvalue weighted by Crippen LogP contribution is -2.42. The number of amides is 1. The number of carbonyl (C=O) groups is 1. The molecule has 1 aromatic heterocycles. The molecule has 2 aliphatic heterocycles. The van der Waals surface area contributed by atoms with E-state index in [1.807, 2.05) is 0 Å². The zero-order chi connectivity index (χ0) is 22.2. The van der Waals surface area contributed by atoms with Gasteiger partial charge in [0.15, 0.2) is 5.82 Å². The summed E-state index contributed by atoms with van der Waals surface area (Å²) >= 11 is 0. The Labute approximate surface area is 183 Å². The van der Waals surface area contributed by atoms with E-state index < -0.39 is 15.3 Å². The summed E-state index contributed by atoms with van der Waals surface area (Å²) < 4.78 is 33.7. The van der Waals surface area contributed by atoms with Gasteiger partial charge in [0.1, 0.15) is 11.6 Å². The predicted octanol–water partition coefficient (Wildman–Crippen LogP) is 1.86. The zero-order valence-electron chi connectivity index (χ0n) is 18.2. The van der Waals surface area contributed by atoms with E-state index in [2.05, 4.69) is 14.8 Å². The summed E-state index contributed by atoms with van der Waals surface area (Å²) in [5, 5.41) is 8.37. The number of hydrogen-bond donors (Lipinski definition) is 0. The topological polar surface area (TPSA) is 97.6 Å². The molecule has 1 aromatic carbocycles. The van der Waals surface area contributed by atoms with Gasteiger partial charge < -0.3 is 14.2 Å². The maximum absolute atomic E-state index is 12.9. The standard InChI is InChI=1S/C21H29N5O4S/c1-15(2)31(28,29)25-10-8-16(9-11-25)20-23-22-19-14-24(12-13-26(19)20)21(27)17-4-6-18(30-3)7-5-17/h4-7,15-16H,8-14H2,1-3H3. The van der Waals surface area contributed by atoms with Crippen molar-refractivity contribution in [2.75, 3.05) is 26.7 Å². The molecule has 9 nitrogen and oxygen atoms in total. The molecule has 1 fully saturated rings. The summed E-state index contributed by atoms with van der Waals surface area (Å²) in [6.45, 7) is 6.10. The Kier molecular flexibility index (Phi) is 6.02. The van der Waals surface area contributed by atoms with Crippen molar-refractivity contribution in [1.29, 1.82) is 0 Å². The minimum atomic E-state index is -3.22. The van der Waals surface area contributed by atoms with Crippen LogP contribution in [0.2, 0.25) is 0 Å². The molecule has 2 aromatic rings. The minimum absolute atomic E-state index is 0.0364. The number of sulfonamides is 1. The van der Waals surface area contributed by atoms with E-state index in [-0.39, 0.29) is 11.8 Å². The van der Waals surface area contributed by atoms with Gasteiger partial charge in [-0.2, -0.15) is 0 Å². The van der Waals surface area contributed by atoms with Crippen molar-refractivity contribution < 1.29 is 17.9 Å². The fourth-order valence-electron chi connectivity index (χ4n) is 4.24. The van der Waals surface area contributed by atoms with Gasteiger partial charge in [0.25, 0.3) is 5.91 Å². The van der Waals surface area contributed by atoms with Gasteiger partial charge in [-0.3, -0.25) is 4.79 Å². The van der Waals surface area contributed by atoms with Crippen molar-refractivity contribution in [1.82, 2.24) is 24.0 Å². The van der Waals surface area contributed by atoms with Crippen molar-refractivity contribution in [3.05, 3.63) is 41.5 Å². The maximum Gasteiger partial charge on any atom is 0.254 e. The largest absolute Gasteiger partial charge is 0.497 e. The Bertz CT molecular complexity index is 1040. The second-order valence-corrected chi connectivity index (χ2v) is 10.8. The van der Waals surface area contributed by atoms with Gasteiger partial charge in [0.2, 0.25) is 10.0 Å². The molecule has 168 valence electrons. The summed E-state index contributed by atoms with van der Waals surface area (Å²) in [5.41, 5.74) is 0.618. The SMILES string of the molecule is COc1ccc(C(=O)N2CCn3c(nnc3C3CCN(S(=O)(=O)C(C)C)CC3)C2)cc1. The van der Waals surface area contributed by atoms with E-state index in [0.717, 1.165) is 24.5 Å². The van der Waals surface area contributed by atoms with Crippen LogP contribution in [0.4, 0.5) is 0 Å². The molecular formula is C21H29N5O4S. The summed E-state index contributed by atoms with van der Waals surface area (Å²) in [4.78, 5) is 14.7. The maximum atomic E-state index is 12.9. The molecule has 4 rings (SSSR count). The molecule has 2 aliphatic rings. The van der Waals surface area contributed by atoms with Gasteiger partial charge >= 0.3 is 0 Å². The molecular weight excluding hydrogens is 418 g/mol. The lowest BCUT2D eigenvalue weighted by molar-refractivity contribution is 0.0705. The Morgan fingerprint density at radius 3 is 2.35 bits per heavy atom. The van der Waals surface area contributed by atoms with Crippen LogP contribution in [0.5, 0.6) is 5.75 Å². The van der Waals surface area contributed by atoms with Crippen molar-refractivity contribution in [2.24, 2.45) is 0 Å². The first kappa shape index (κ1) is 21.8. The molecule has 1 saturated heterocycles. The highest BCUT2D eigenvalue weighted by atomic mass is 32.2. The van der Waals surface area contributed by atoms with Gasteiger partial charge in [0.05, 0.1) is 18.9 Å². The Balaban J connectivity index is 1.42. The van der Waals surface area contributed by atoms with E-state index in [4.69, 9.17) is 4.74 Å². The molecule has 0 aliphatic carbocycles. The first-order valence-electron chi connectivity index (χ1n) is 10.7. The van der Waals surface area contributed by atoms with Crippen LogP contribution in [-0.4, -0.2) is 70.3 Å². The summed E-state index contributed by atoms with van der Waals surface area (Å²) in [6, 6.07) is 7.10. The number of benzene rings is 1. The van der Waals surface area contributed by atoms with E-state index >= 15 is 0 Å². The van der Waals surface area contributed by atoms with Crippen molar-refractivity contribution >= 4 is 15.9 Å². The fourth-order valence-corrected chi connectivity index (χ4v) is 5.55. The molecule has 0 atom stereocenters. The molecule has 0 saturated carbocycles. The third-order valence-corrected chi connectivity index (χ3v) is 8.46. The van der Waals surface area contributed by atoms with Crippen LogP contribution in [0.25, 0.3) is 0 Å². The highest BCUT2D eigenvalue weighted by Crippen LogP contribution is 2.30. The number of piperidine rings is 1. The van der Waals surface area contributed by atoms with E-state index in [1.54, 1.807) is 54.4 Å². The summed E-state index contributed by atoms with van der Waals surface area (Å²) in [5.74, 6) is 2.55. The summed E-state index contributed by atoms with van der Waals surface area (Å²) in [7, 11) is -1.62. The Hall–Kier alpha value is -2.46. The molecule has 0 radical (unpaired) electrons. The number of carbonyl (C=O) groups excluding carboxylic acids is 1. The third-order valence-electron chi connectivity index (χ3n) is 6.18. The molecule has 10 heteroatoms. The highest BCUT2D eigenvalue weighted by molar-refractivity contribution is 7.89. The number of fused-ring (bicyclic) bond motifs is 1. The van der Waals surface area contributed by atoms with Crippen LogP contribution in [0.1, 0.15) is 54.6 Å². The number of rotatable bonds is 5. The molecule has 3 heterocycles. The minimum Gasteiger partial charge on any atom is -0.497 e. The molecule has 0 bridgehead atoms. The number of hydrogen-bond acceptors (Lipinski definition) is 6. The average Bonchev–Trinajstić information content (AvgIpc) is 3.22. The third kappa shape index (κ3) is 4.18. The number of aromatic nitrogens is 3. The van der Waals surface area contributed by atoms with Gasteiger partial charge in [-0.05, 0) is 51.0 Å². The Morgan fingerprint density at radius 2 is 1.74 bits per heavy atom. The van der Waals surface area contributed by atoms with Crippen LogP contribution < -0.4 is 4.74 Å². The number of nitrogens with zero attached hydrogens (tertiary/aromatic N) is 5. The van der Waals surface area contributed by atoms with Crippen LogP contribution in [0.15, 0.2) is 24.3 Å². The van der Waals surface area contributed by atoms with E-state index in [0.29, 0.717) is 44.0 Å². The number of ether oxygens (including phenoxy) is 1. The fraction of sp³-hybridized carbons (Fsp3) is 0.571. The normalized spacial score (nSPS) is 18.3. The lowest BCUT2D eigenvalue weighted by Gasteiger charge is -2.33. The summed E-state index contributed by atoms with van der Waals surface area (Å²) in [6.07, 6.45) is 1.47. The van der Waals surface area contributed by atoms with Crippen LogP contribution in [0.3, 0.4) is 0 Å². The molecule has 0 spiro atoms. The average molecular weight is 448 g/mol. The van der Waals surface area contributed by atoms with Crippen molar-refractivity contribution in [3.63, 3.8) is 0 Å². The first-order valence-corrected chi connectivity index (χ1v) is 12.2.